The number of aromatic nitrogens is 2. The molecule has 124 valence electrons. The largest absolute Gasteiger partial charge is 0.359 e. The van der Waals surface area contributed by atoms with E-state index < -0.39 is 0 Å². The quantitative estimate of drug-likeness (QED) is 0.734. The Kier molecular flexibility index (Phi) is 4.82. The average molecular weight is 332 g/mol. The summed E-state index contributed by atoms with van der Waals surface area (Å²) in [6.45, 7) is 7.80. The Labute approximate surface area is 140 Å². The first-order valence-corrected chi connectivity index (χ1v) is 9.13. The van der Waals surface area contributed by atoms with E-state index in [-0.39, 0.29) is 5.78 Å². The van der Waals surface area contributed by atoms with E-state index in [4.69, 9.17) is 4.98 Å². The van der Waals surface area contributed by atoms with Crippen molar-refractivity contribution < 1.29 is 4.79 Å². The highest BCUT2D eigenvalue weighted by atomic mass is 32.1. The van der Waals surface area contributed by atoms with Gasteiger partial charge in [0.25, 0.3) is 0 Å². The highest BCUT2D eigenvalue weighted by Gasteiger charge is 2.20. The third-order valence-electron chi connectivity index (χ3n) is 4.42. The second-order valence-electron chi connectivity index (χ2n) is 6.09. The predicted octanol–water partition coefficient (Wildman–Crippen LogP) is 3.38. The number of aryl methyl sites for hydroxylation is 1. The van der Waals surface area contributed by atoms with Gasteiger partial charge in [0.1, 0.15) is 5.69 Å². The zero-order valence-electron chi connectivity index (χ0n) is 14.0. The molecule has 1 aliphatic heterocycles. The van der Waals surface area contributed by atoms with Gasteiger partial charge in [0.05, 0.1) is 5.69 Å². The smallest absolute Gasteiger partial charge is 0.183 e. The van der Waals surface area contributed by atoms with Crippen LogP contribution >= 0.6 is 11.3 Å². The third kappa shape index (κ3) is 3.33. The van der Waals surface area contributed by atoms with Crippen LogP contribution in [0.2, 0.25) is 0 Å². The van der Waals surface area contributed by atoms with Gasteiger partial charge in [0, 0.05) is 22.7 Å². The molecule has 0 amide bonds. The fourth-order valence-corrected chi connectivity index (χ4v) is 4.10. The van der Waals surface area contributed by atoms with Crippen molar-refractivity contribution in [3.63, 3.8) is 0 Å². The molecule has 0 saturated carbocycles. The van der Waals surface area contributed by atoms with Crippen LogP contribution in [-0.2, 0) is 6.42 Å². The molecule has 1 fully saturated rings. The molecule has 3 N–H and O–H groups in total. The summed E-state index contributed by atoms with van der Waals surface area (Å²) in [4.78, 5) is 20.0. The molecule has 3 heterocycles. The summed E-state index contributed by atoms with van der Waals surface area (Å²) in [6.07, 6.45) is 3.08. The number of hydrogen-bond acceptors (Lipinski definition) is 5. The molecular formula is C17H24N4OS. The number of rotatable bonds is 5. The van der Waals surface area contributed by atoms with Crippen LogP contribution in [-0.4, -0.2) is 34.9 Å². The molecule has 1 saturated heterocycles. The normalized spacial score (nSPS) is 15.8. The molecule has 2 aromatic heterocycles. The SMILES string of the molecule is CCc1c(-c2csc(NC3CCNCC3)n2)[nH]c(C)c1C(C)=O. The Balaban J connectivity index is 1.85. The van der Waals surface area contributed by atoms with Crippen molar-refractivity contribution in [2.24, 2.45) is 0 Å². The van der Waals surface area contributed by atoms with Crippen LogP contribution in [0.25, 0.3) is 11.4 Å². The summed E-state index contributed by atoms with van der Waals surface area (Å²) in [7, 11) is 0. The fourth-order valence-electron chi connectivity index (χ4n) is 3.32. The summed E-state index contributed by atoms with van der Waals surface area (Å²) in [5.41, 5.74) is 4.76. The number of carbonyl (C=O) groups excluding carboxylic acids is 1. The van der Waals surface area contributed by atoms with Crippen LogP contribution in [0.5, 0.6) is 0 Å². The average Bonchev–Trinajstić information content (AvgIpc) is 3.12. The van der Waals surface area contributed by atoms with Gasteiger partial charge < -0.3 is 15.6 Å². The van der Waals surface area contributed by atoms with E-state index in [2.05, 4.69) is 27.9 Å². The topological polar surface area (TPSA) is 69.8 Å². The lowest BCUT2D eigenvalue weighted by molar-refractivity contribution is 0.101. The van der Waals surface area contributed by atoms with Gasteiger partial charge in [-0.2, -0.15) is 0 Å². The maximum Gasteiger partial charge on any atom is 0.183 e. The number of piperidine rings is 1. The summed E-state index contributed by atoms with van der Waals surface area (Å²) in [5, 5.41) is 9.94. The number of thiazole rings is 1. The minimum Gasteiger partial charge on any atom is -0.359 e. The van der Waals surface area contributed by atoms with Crippen molar-refractivity contribution in [1.82, 2.24) is 15.3 Å². The van der Waals surface area contributed by atoms with Crippen molar-refractivity contribution in [1.29, 1.82) is 0 Å². The number of nitrogens with zero attached hydrogens (tertiary/aromatic N) is 1. The fraction of sp³-hybridized carbons (Fsp3) is 0.529. The molecule has 0 atom stereocenters. The van der Waals surface area contributed by atoms with Crippen LogP contribution in [0, 0.1) is 6.92 Å². The maximum atomic E-state index is 11.9. The third-order valence-corrected chi connectivity index (χ3v) is 5.20. The van der Waals surface area contributed by atoms with Crippen LogP contribution in [0.3, 0.4) is 0 Å². The lowest BCUT2D eigenvalue weighted by Crippen LogP contribution is -2.35. The maximum absolute atomic E-state index is 11.9. The molecule has 2 aromatic rings. The van der Waals surface area contributed by atoms with E-state index in [9.17, 15) is 4.79 Å². The van der Waals surface area contributed by atoms with E-state index in [0.29, 0.717) is 6.04 Å². The first kappa shape index (κ1) is 16.2. The van der Waals surface area contributed by atoms with E-state index in [1.165, 1.54) is 0 Å². The number of anilines is 1. The van der Waals surface area contributed by atoms with Gasteiger partial charge in [-0.1, -0.05) is 6.92 Å². The Hall–Kier alpha value is -1.66. The second kappa shape index (κ2) is 6.84. The minimum absolute atomic E-state index is 0.116. The Bertz CT molecular complexity index is 698. The van der Waals surface area contributed by atoms with Crippen LogP contribution in [0.4, 0.5) is 5.13 Å². The summed E-state index contributed by atoms with van der Waals surface area (Å²) in [5.74, 6) is 0.116. The molecular weight excluding hydrogens is 308 g/mol. The summed E-state index contributed by atoms with van der Waals surface area (Å²) in [6, 6.07) is 0.499. The van der Waals surface area contributed by atoms with Gasteiger partial charge in [0.2, 0.25) is 0 Å². The molecule has 0 bridgehead atoms. The van der Waals surface area contributed by atoms with Crippen LogP contribution < -0.4 is 10.6 Å². The first-order chi connectivity index (χ1) is 11.1. The van der Waals surface area contributed by atoms with Crippen LogP contribution in [0.1, 0.15) is 48.3 Å². The van der Waals surface area contributed by atoms with Crippen molar-refractivity contribution >= 4 is 22.3 Å². The minimum atomic E-state index is 0.116. The second-order valence-corrected chi connectivity index (χ2v) is 6.95. The number of Topliss-reactive ketones (excluding diaryl/α,β-unsaturated/α-hetero) is 1. The monoisotopic (exact) mass is 332 g/mol. The molecule has 5 nitrogen and oxygen atoms in total. The van der Waals surface area contributed by atoms with E-state index in [0.717, 1.165) is 65.7 Å². The number of ketones is 1. The number of carbonyl (C=O) groups is 1. The van der Waals surface area contributed by atoms with Crippen molar-refractivity contribution in [3.8, 4) is 11.4 Å². The highest BCUT2D eigenvalue weighted by Crippen LogP contribution is 2.31. The first-order valence-electron chi connectivity index (χ1n) is 8.25. The molecule has 1 aliphatic rings. The molecule has 0 radical (unpaired) electrons. The molecule has 0 aliphatic carbocycles. The molecule has 6 heteroatoms. The number of H-pyrrole nitrogens is 1. The standard InChI is InChI=1S/C17H24N4OS/c1-4-13-15(11(3)22)10(2)19-16(13)14-9-23-17(21-14)20-12-5-7-18-8-6-12/h9,12,18-19H,4-8H2,1-3H3,(H,20,21). The molecule has 0 aromatic carbocycles. The lowest BCUT2D eigenvalue weighted by Gasteiger charge is -2.23. The Morgan fingerprint density at radius 1 is 1.43 bits per heavy atom. The number of aromatic amines is 1. The Morgan fingerprint density at radius 3 is 2.83 bits per heavy atom. The van der Waals surface area contributed by atoms with Gasteiger partial charge in [0.15, 0.2) is 10.9 Å². The number of nitrogens with one attached hydrogen (secondary N) is 3. The molecule has 23 heavy (non-hydrogen) atoms. The lowest BCUT2D eigenvalue weighted by atomic mass is 10.0. The highest BCUT2D eigenvalue weighted by molar-refractivity contribution is 7.14. The summed E-state index contributed by atoms with van der Waals surface area (Å²) < 4.78 is 0. The van der Waals surface area contributed by atoms with E-state index in [1.54, 1.807) is 18.3 Å². The predicted molar refractivity (Wildman–Crippen MR) is 95.5 cm³/mol. The van der Waals surface area contributed by atoms with Gasteiger partial charge in [-0.25, -0.2) is 4.98 Å². The zero-order valence-corrected chi connectivity index (χ0v) is 14.8. The van der Waals surface area contributed by atoms with Crippen molar-refractivity contribution in [3.05, 3.63) is 22.2 Å². The van der Waals surface area contributed by atoms with Crippen molar-refractivity contribution in [2.75, 3.05) is 18.4 Å². The van der Waals surface area contributed by atoms with E-state index >= 15 is 0 Å². The van der Waals surface area contributed by atoms with E-state index in [1.807, 2.05) is 6.92 Å². The zero-order chi connectivity index (χ0) is 16.4. The molecule has 0 unspecified atom stereocenters. The Morgan fingerprint density at radius 2 is 2.17 bits per heavy atom. The summed E-state index contributed by atoms with van der Waals surface area (Å²) >= 11 is 1.63. The molecule has 0 spiro atoms. The van der Waals surface area contributed by atoms with Gasteiger partial charge in [-0.05, 0) is 51.8 Å². The number of hydrogen-bond donors (Lipinski definition) is 3. The molecule has 3 rings (SSSR count). The van der Waals surface area contributed by atoms with Gasteiger partial charge in [-0.15, -0.1) is 11.3 Å². The van der Waals surface area contributed by atoms with Gasteiger partial charge >= 0.3 is 0 Å². The van der Waals surface area contributed by atoms with Crippen molar-refractivity contribution in [2.45, 2.75) is 46.1 Å². The van der Waals surface area contributed by atoms with Crippen LogP contribution in [0.15, 0.2) is 5.38 Å². The van der Waals surface area contributed by atoms with Gasteiger partial charge in [-0.3, -0.25) is 4.79 Å².